The van der Waals surface area contributed by atoms with Gasteiger partial charge in [0.05, 0.1) is 17.5 Å². The number of halogens is 1. The molecular formula is C10H10ClNOS. The van der Waals surface area contributed by atoms with Crippen molar-refractivity contribution in [3.8, 4) is 5.75 Å². The fourth-order valence-corrected chi connectivity index (χ4v) is 2.60. The Bertz CT molecular complexity index is 466. The highest BCUT2D eigenvalue weighted by Gasteiger charge is 2.11. The molecule has 0 saturated carbocycles. The van der Waals surface area contributed by atoms with E-state index >= 15 is 0 Å². The number of nitrogen functional groups attached to an aromatic ring is 1. The Morgan fingerprint density at radius 3 is 3.00 bits per heavy atom. The summed E-state index contributed by atoms with van der Waals surface area (Å²) in [6.45, 7) is 0. The molecule has 0 atom stereocenters. The Kier molecular flexibility index (Phi) is 2.52. The number of methoxy groups -OCH3 is 1. The van der Waals surface area contributed by atoms with Crippen LogP contribution in [-0.4, -0.2) is 7.11 Å². The van der Waals surface area contributed by atoms with Gasteiger partial charge < -0.3 is 10.5 Å². The first-order valence-corrected chi connectivity index (χ1v) is 5.58. The van der Waals surface area contributed by atoms with E-state index in [2.05, 4.69) is 0 Å². The summed E-state index contributed by atoms with van der Waals surface area (Å²) in [5, 5.41) is 3.15. The number of rotatable bonds is 2. The molecule has 1 aromatic heterocycles. The minimum Gasteiger partial charge on any atom is -0.493 e. The molecule has 0 spiro atoms. The summed E-state index contributed by atoms with van der Waals surface area (Å²) < 4.78 is 6.37. The maximum Gasteiger partial charge on any atom is 0.159 e. The van der Waals surface area contributed by atoms with Crippen LogP contribution in [0, 0.1) is 0 Å². The highest BCUT2D eigenvalue weighted by molar-refractivity contribution is 7.17. The maximum atomic E-state index is 5.93. The molecule has 0 aliphatic heterocycles. The van der Waals surface area contributed by atoms with Crippen LogP contribution >= 0.6 is 22.9 Å². The van der Waals surface area contributed by atoms with Gasteiger partial charge in [-0.05, 0) is 28.5 Å². The predicted octanol–water partition coefficient (Wildman–Crippen LogP) is 3.23. The molecular weight excluding hydrogens is 218 g/mol. The second-order valence-corrected chi connectivity index (χ2v) is 4.14. The summed E-state index contributed by atoms with van der Waals surface area (Å²) in [5.41, 5.74) is 7.50. The van der Waals surface area contributed by atoms with Gasteiger partial charge in [-0.25, -0.2) is 0 Å². The van der Waals surface area contributed by atoms with Crippen LogP contribution in [0.1, 0.15) is 5.56 Å². The van der Waals surface area contributed by atoms with E-state index in [0.29, 0.717) is 11.6 Å². The zero-order chi connectivity index (χ0) is 10.1. The Morgan fingerprint density at radius 1 is 1.57 bits per heavy atom. The summed E-state index contributed by atoms with van der Waals surface area (Å²) in [7, 11) is 1.63. The molecule has 2 nitrogen and oxygen atoms in total. The number of hydrogen-bond donors (Lipinski definition) is 1. The Labute approximate surface area is 91.2 Å². The quantitative estimate of drug-likeness (QED) is 0.632. The number of alkyl halides is 1. The number of anilines is 1. The van der Waals surface area contributed by atoms with Gasteiger partial charge in [0.2, 0.25) is 0 Å². The highest BCUT2D eigenvalue weighted by Crippen LogP contribution is 2.38. The number of fused-ring (bicyclic) bond motifs is 1. The van der Waals surface area contributed by atoms with Gasteiger partial charge in [0.15, 0.2) is 5.75 Å². The summed E-state index contributed by atoms with van der Waals surface area (Å²) in [6.07, 6.45) is 0. The van der Waals surface area contributed by atoms with E-state index in [4.69, 9.17) is 22.1 Å². The van der Waals surface area contributed by atoms with E-state index < -0.39 is 0 Å². The van der Waals surface area contributed by atoms with Crippen molar-refractivity contribution in [1.29, 1.82) is 0 Å². The third kappa shape index (κ3) is 1.33. The normalized spacial score (nSPS) is 10.7. The first kappa shape index (κ1) is 9.62. The van der Waals surface area contributed by atoms with Gasteiger partial charge in [-0.3, -0.25) is 0 Å². The average molecular weight is 228 g/mol. The van der Waals surface area contributed by atoms with E-state index in [1.54, 1.807) is 18.4 Å². The van der Waals surface area contributed by atoms with E-state index in [-0.39, 0.29) is 0 Å². The molecule has 0 unspecified atom stereocenters. The second kappa shape index (κ2) is 3.67. The fourth-order valence-electron chi connectivity index (χ4n) is 1.46. The first-order valence-electron chi connectivity index (χ1n) is 4.16. The van der Waals surface area contributed by atoms with Crippen LogP contribution in [0.4, 0.5) is 5.69 Å². The molecule has 14 heavy (non-hydrogen) atoms. The van der Waals surface area contributed by atoms with Crippen molar-refractivity contribution in [2.45, 2.75) is 5.88 Å². The third-order valence-electron chi connectivity index (χ3n) is 2.17. The maximum absolute atomic E-state index is 5.93. The molecule has 4 heteroatoms. The molecule has 0 aliphatic rings. The van der Waals surface area contributed by atoms with Gasteiger partial charge in [0.25, 0.3) is 0 Å². The van der Waals surface area contributed by atoms with Gasteiger partial charge in [-0.1, -0.05) is 0 Å². The zero-order valence-corrected chi connectivity index (χ0v) is 9.28. The summed E-state index contributed by atoms with van der Waals surface area (Å²) in [4.78, 5) is 0. The second-order valence-electron chi connectivity index (χ2n) is 2.96. The van der Waals surface area contributed by atoms with Crippen molar-refractivity contribution in [2.24, 2.45) is 0 Å². The lowest BCUT2D eigenvalue weighted by Crippen LogP contribution is -1.96. The minimum atomic E-state index is 0.411. The van der Waals surface area contributed by atoms with Gasteiger partial charge >= 0.3 is 0 Å². The van der Waals surface area contributed by atoms with E-state index in [9.17, 15) is 0 Å². The van der Waals surface area contributed by atoms with Crippen molar-refractivity contribution in [3.63, 3.8) is 0 Å². The predicted molar refractivity (Wildman–Crippen MR) is 62.3 cm³/mol. The topological polar surface area (TPSA) is 35.2 Å². The lowest BCUT2D eigenvalue weighted by atomic mass is 10.1. The smallest absolute Gasteiger partial charge is 0.159 e. The van der Waals surface area contributed by atoms with E-state index in [0.717, 1.165) is 21.4 Å². The van der Waals surface area contributed by atoms with Gasteiger partial charge in [0.1, 0.15) is 0 Å². The first-order chi connectivity index (χ1) is 6.77. The van der Waals surface area contributed by atoms with Crippen molar-refractivity contribution in [2.75, 3.05) is 12.8 Å². The standard InChI is InChI=1S/C10H10ClNOS/c1-13-9-8(12)7(5-11)4-6-2-3-14-10(6)9/h2-4H,5,12H2,1H3. The Morgan fingerprint density at radius 2 is 2.36 bits per heavy atom. The Balaban J connectivity index is 2.80. The molecule has 0 radical (unpaired) electrons. The molecule has 2 rings (SSSR count). The number of nitrogens with two attached hydrogens (primary N) is 1. The number of benzene rings is 1. The number of ether oxygens (including phenoxy) is 1. The summed E-state index contributed by atoms with van der Waals surface area (Å²) in [5.74, 6) is 1.15. The summed E-state index contributed by atoms with van der Waals surface area (Å²) >= 11 is 7.42. The van der Waals surface area contributed by atoms with Crippen LogP contribution < -0.4 is 10.5 Å². The Hall–Kier alpha value is -0.930. The lowest BCUT2D eigenvalue weighted by Gasteiger charge is -2.09. The van der Waals surface area contributed by atoms with Crippen LogP contribution in [0.3, 0.4) is 0 Å². The SMILES string of the molecule is COc1c(N)c(CCl)cc2ccsc12. The fraction of sp³-hybridized carbons (Fsp3) is 0.200. The lowest BCUT2D eigenvalue weighted by molar-refractivity contribution is 0.422. The third-order valence-corrected chi connectivity index (χ3v) is 3.39. The van der Waals surface area contributed by atoms with E-state index in [1.807, 2.05) is 17.5 Å². The zero-order valence-electron chi connectivity index (χ0n) is 7.71. The highest BCUT2D eigenvalue weighted by atomic mass is 35.5. The average Bonchev–Trinajstić information content (AvgIpc) is 2.64. The van der Waals surface area contributed by atoms with Crippen molar-refractivity contribution in [1.82, 2.24) is 0 Å². The van der Waals surface area contributed by atoms with Crippen LogP contribution in [0.15, 0.2) is 17.5 Å². The summed E-state index contributed by atoms with van der Waals surface area (Å²) in [6, 6.07) is 4.05. The minimum absolute atomic E-state index is 0.411. The van der Waals surface area contributed by atoms with Gasteiger partial charge in [0, 0.05) is 5.88 Å². The van der Waals surface area contributed by atoms with Crippen molar-refractivity contribution < 1.29 is 4.74 Å². The van der Waals surface area contributed by atoms with Crippen LogP contribution in [0.2, 0.25) is 0 Å². The molecule has 0 fully saturated rings. The molecule has 1 heterocycles. The molecule has 2 aromatic rings. The molecule has 0 aliphatic carbocycles. The number of thiophene rings is 1. The largest absolute Gasteiger partial charge is 0.493 e. The molecule has 0 bridgehead atoms. The molecule has 0 amide bonds. The van der Waals surface area contributed by atoms with E-state index in [1.165, 1.54) is 0 Å². The van der Waals surface area contributed by atoms with Crippen molar-refractivity contribution in [3.05, 3.63) is 23.1 Å². The monoisotopic (exact) mass is 227 g/mol. The van der Waals surface area contributed by atoms with Gasteiger partial charge in [-0.15, -0.1) is 22.9 Å². The van der Waals surface area contributed by atoms with Crippen LogP contribution in [0.25, 0.3) is 10.1 Å². The van der Waals surface area contributed by atoms with Crippen LogP contribution in [-0.2, 0) is 5.88 Å². The molecule has 0 saturated heterocycles. The molecule has 1 aromatic carbocycles. The van der Waals surface area contributed by atoms with Gasteiger partial charge in [-0.2, -0.15) is 0 Å². The number of hydrogen-bond acceptors (Lipinski definition) is 3. The molecule has 74 valence electrons. The van der Waals surface area contributed by atoms with Crippen molar-refractivity contribution >= 4 is 38.7 Å². The van der Waals surface area contributed by atoms with Crippen LogP contribution in [0.5, 0.6) is 5.75 Å². The molecule has 2 N–H and O–H groups in total.